The molecule has 1 N–H and O–H groups in total. The van der Waals surface area contributed by atoms with Gasteiger partial charge in [0.05, 0.1) is 0 Å². The Kier molecular flexibility index (Phi) is 6.88. The van der Waals surface area contributed by atoms with Gasteiger partial charge in [0.15, 0.2) is 0 Å². The highest BCUT2D eigenvalue weighted by Gasteiger charge is 2.31. The third-order valence-electron chi connectivity index (χ3n) is 1.76. The maximum absolute atomic E-state index is 5.92. The molecule has 0 amide bonds. The van der Waals surface area contributed by atoms with E-state index in [4.69, 9.17) is 8.85 Å². The quantitative estimate of drug-likeness (QED) is 0.616. The van der Waals surface area contributed by atoms with Gasteiger partial charge in [-0.1, -0.05) is 0 Å². The fourth-order valence-electron chi connectivity index (χ4n) is 1.32. The molecule has 0 saturated heterocycles. The van der Waals surface area contributed by atoms with Crippen LogP contribution in [0.2, 0.25) is 12.6 Å². The molecule has 0 aromatic heterocycles. The Labute approximate surface area is 85.9 Å². The van der Waals surface area contributed by atoms with Crippen LogP contribution in [0.1, 0.15) is 13.8 Å². The second-order valence-corrected chi connectivity index (χ2v) is 8.51. The lowest BCUT2D eigenvalue weighted by Crippen LogP contribution is -2.43. The van der Waals surface area contributed by atoms with Crippen LogP contribution in [0.15, 0.2) is 0 Å². The van der Waals surface area contributed by atoms with Crippen LogP contribution in [-0.2, 0) is 8.85 Å². The van der Waals surface area contributed by atoms with E-state index in [0.717, 1.165) is 29.4 Å². The lowest BCUT2D eigenvalue weighted by atomic mass is 10.8. The SMILES string of the molecule is CCO[Si](C)(CCNC)OC(C)[SiH3]. The Balaban J connectivity index is 3.99. The van der Waals surface area contributed by atoms with E-state index in [1.165, 1.54) is 0 Å². The first-order chi connectivity index (χ1) is 6.04. The average molecular weight is 221 g/mol. The minimum Gasteiger partial charge on any atom is -0.396 e. The van der Waals surface area contributed by atoms with Crippen LogP contribution in [0.3, 0.4) is 0 Å². The zero-order valence-corrected chi connectivity index (χ0v) is 12.5. The molecule has 0 spiro atoms. The zero-order chi connectivity index (χ0) is 10.3. The van der Waals surface area contributed by atoms with Gasteiger partial charge in [-0.3, -0.25) is 0 Å². The van der Waals surface area contributed by atoms with Crippen LogP contribution in [0.25, 0.3) is 0 Å². The molecule has 2 unspecified atom stereocenters. The van der Waals surface area contributed by atoms with E-state index in [9.17, 15) is 0 Å². The molecular weight excluding hydrogens is 198 g/mol. The van der Waals surface area contributed by atoms with Gasteiger partial charge in [0, 0.05) is 28.6 Å². The predicted octanol–water partition coefficient (Wildman–Crippen LogP) is 0.0423. The topological polar surface area (TPSA) is 30.5 Å². The summed E-state index contributed by atoms with van der Waals surface area (Å²) in [6.07, 6.45) is 0. The van der Waals surface area contributed by atoms with Crippen molar-refractivity contribution in [2.45, 2.75) is 32.2 Å². The summed E-state index contributed by atoms with van der Waals surface area (Å²) < 4.78 is 11.7. The highest BCUT2D eigenvalue weighted by Crippen LogP contribution is 2.14. The van der Waals surface area contributed by atoms with E-state index in [1.807, 2.05) is 14.0 Å². The monoisotopic (exact) mass is 221 g/mol. The van der Waals surface area contributed by atoms with E-state index >= 15 is 0 Å². The number of nitrogens with one attached hydrogen (secondary N) is 1. The molecular formula is C8H23NO2Si2. The van der Waals surface area contributed by atoms with Crippen molar-refractivity contribution < 1.29 is 8.85 Å². The van der Waals surface area contributed by atoms with E-state index in [1.54, 1.807) is 0 Å². The van der Waals surface area contributed by atoms with Gasteiger partial charge in [-0.05, 0) is 34.0 Å². The summed E-state index contributed by atoms with van der Waals surface area (Å²) in [5.74, 6) is 0. The maximum Gasteiger partial charge on any atom is 0.336 e. The Morgan fingerprint density at radius 3 is 2.54 bits per heavy atom. The summed E-state index contributed by atoms with van der Waals surface area (Å²) in [4.78, 5) is 0. The molecule has 13 heavy (non-hydrogen) atoms. The molecule has 0 rings (SSSR count). The molecule has 0 saturated carbocycles. The Morgan fingerprint density at radius 1 is 1.54 bits per heavy atom. The van der Waals surface area contributed by atoms with Crippen molar-refractivity contribution in [3.05, 3.63) is 0 Å². The fraction of sp³-hybridized carbons (Fsp3) is 1.00. The lowest BCUT2D eigenvalue weighted by molar-refractivity contribution is 0.171. The third-order valence-corrected chi connectivity index (χ3v) is 5.50. The molecule has 0 aliphatic heterocycles. The molecule has 0 aromatic carbocycles. The summed E-state index contributed by atoms with van der Waals surface area (Å²) in [6, 6.07) is 1.03. The smallest absolute Gasteiger partial charge is 0.336 e. The highest BCUT2D eigenvalue weighted by molar-refractivity contribution is 6.66. The van der Waals surface area contributed by atoms with Crippen LogP contribution >= 0.6 is 0 Å². The van der Waals surface area contributed by atoms with Crippen molar-refractivity contribution >= 4 is 18.8 Å². The van der Waals surface area contributed by atoms with Crippen LogP contribution in [0, 0.1) is 0 Å². The molecule has 2 atom stereocenters. The number of rotatable bonds is 7. The molecule has 0 aliphatic carbocycles. The first kappa shape index (κ1) is 13.3. The van der Waals surface area contributed by atoms with Gasteiger partial charge in [-0.2, -0.15) is 0 Å². The van der Waals surface area contributed by atoms with Gasteiger partial charge < -0.3 is 14.2 Å². The first-order valence-corrected chi connectivity index (χ1v) is 8.68. The van der Waals surface area contributed by atoms with Gasteiger partial charge in [0.1, 0.15) is 0 Å². The van der Waals surface area contributed by atoms with Crippen LogP contribution in [-0.4, -0.2) is 44.7 Å². The summed E-state index contributed by atoms with van der Waals surface area (Å²) in [7, 11) is 1.18. The largest absolute Gasteiger partial charge is 0.396 e. The van der Waals surface area contributed by atoms with Gasteiger partial charge in [-0.25, -0.2) is 0 Å². The average Bonchev–Trinajstić information content (AvgIpc) is 2.00. The van der Waals surface area contributed by atoms with Gasteiger partial charge in [0.2, 0.25) is 0 Å². The van der Waals surface area contributed by atoms with Crippen molar-refractivity contribution in [1.29, 1.82) is 0 Å². The van der Waals surface area contributed by atoms with Crippen molar-refractivity contribution in [1.82, 2.24) is 5.32 Å². The molecule has 5 heteroatoms. The van der Waals surface area contributed by atoms with E-state index in [2.05, 4.69) is 18.8 Å². The van der Waals surface area contributed by atoms with Crippen LogP contribution < -0.4 is 5.32 Å². The van der Waals surface area contributed by atoms with Crippen LogP contribution in [0.4, 0.5) is 0 Å². The van der Waals surface area contributed by atoms with Gasteiger partial charge in [0.25, 0.3) is 0 Å². The minimum absolute atomic E-state index is 0.403. The Bertz CT molecular complexity index is 135. The third kappa shape index (κ3) is 6.39. The molecule has 0 fully saturated rings. The summed E-state index contributed by atoms with van der Waals surface area (Å²) in [6.45, 7) is 8.06. The van der Waals surface area contributed by atoms with Crippen molar-refractivity contribution in [2.24, 2.45) is 0 Å². The van der Waals surface area contributed by atoms with Gasteiger partial charge >= 0.3 is 8.56 Å². The summed E-state index contributed by atoms with van der Waals surface area (Å²) >= 11 is 0. The second-order valence-electron chi connectivity index (χ2n) is 3.59. The predicted molar refractivity (Wildman–Crippen MR) is 62.5 cm³/mol. The normalized spacial score (nSPS) is 18.5. The van der Waals surface area contributed by atoms with E-state index in [-0.39, 0.29) is 0 Å². The van der Waals surface area contributed by atoms with E-state index < -0.39 is 8.56 Å². The lowest BCUT2D eigenvalue weighted by Gasteiger charge is -2.28. The number of hydrogen-bond acceptors (Lipinski definition) is 3. The van der Waals surface area contributed by atoms with Crippen LogP contribution in [0.5, 0.6) is 0 Å². The van der Waals surface area contributed by atoms with E-state index in [0.29, 0.717) is 5.73 Å². The fourth-order valence-corrected chi connectivity index (χ4v) is 5.46. The molecule has 0 bridgehead atoms. The summed E-state index contributed by atoms with van der Waals surface area (Å²) in [5, 5.41) is 3.14. The highest BCUT2D eigenvalue weighted by atomic mass is 28.4. The first-order valence-electron chi connectivity index (χ1n) is 5.00. The molecule has 80 valence electrons. The second kappa shape index (κ2) is 6.72. The van der Waals surface area contributed by atoms with Crippen molar-refractivity contribution in [3.63, 3.8) is 0 Å². The van der Waals surface area contributed by atoms with Crippen molar-refractivity contribution in [2.75, 3.05) is 20.2 Å². The maximum atomic E-state index is 5.92. The Hall–Kier alpha value is 0.314. The zero-order valence-electron chi connectivity index (χ0n) is 9.52. The molecule has 3 nitrogen and oxygen atoms in total. The molecule has 0 heterocycles. The standard InChI is InChI=1S/C8H23NO2Si2/c1-5-10-13(4,7-6-9-3)11-8(2)12/h8-9H,5-7H2,1-4,12H3. The molecule has 0 radical (unpaired) electrons. The summed E-state index contributed by atoms with van der Waals surface area (Å²) in [5.41, 5.74) is 0.403. The number of hydrogen-bond donors (Lipinski definition) is 1. The Morgan fingerprint density at radius 2 is 2.15 bits per heavy atom. The van der Waals surface area contributed by atoms with Gasteiger partial charge in [-0.15, -0.1) is 0 Å². The van der Waals surface area contributed by atoms with Crippen molar-refractivity contribution in [3.8, 4) is 0 Å². The molecule has 0 aliphatic rings. The minimum atomic E-state index is -1.86. The molecule has 0 aromatic rings.